The molecule has 2 heterocycles. The van der Waals surface area contributed by atoms with Crippen molar-refractivity contribution in [3.63, 3.8) is 0 Å². The van der Waals surface area contributed by atoms with Gasteiger partial charge in [-0.3, -0.25) is 0 Å². The topological polar surface area (TPSA) is 49.9 Å². The van der Waals surface area contributed by atoms with E-state index in [0.717, 1.165) is 18.4 Å². The first kappa shape index (κ1) is 14.9. The Morgan fingerprint density at radius 3 is 2.67 bits per heavy atom. The van der Waals surface area contributed by atoms with Crippen molar-refractivity contribution in [2.45, 2.75) is 18.9 Å². The van der Waals surface area contributed by atoms with E-state index in [1.54, 1.807) is 12.1 Å². The van der Waals surface area contributed by atoms with Crippen LogP contribution in [0.4, 0.5) is 4.39 Å². The van der Waals surface area contributed by atoms with Crippen LogP contribution in [-0.4, -0.2) is 49.9 Å². The van der Waals surface area contributed by atoms with Crippen molar-refractivity contribution in [3.8, 4) is 0 Å². The molecule has 0 aromatic heterocycles. The molecule has 3 rings (SSSR count). The van der Waals surface area contributed by atoms with Crippen LogP contribution in [0.2, 0.25) is 0 Å². The Balaban J connectivity index is 1.86. The minimum atomic E-state index is -3.51. The predicted octanol–water partition coefficient (Wildman–Crippen LogP) is 1.54. The summed E-state index contributed by atoms with van der Waals surface area (Å²) in [6.45, 7) is 2.11. The fourth-order valence-corrected chi connectivity index (χ4v) is 4.80. The van der Waals surface area contributed by atoms with Gasteiger partial charge in [0.25, 0.3) is 10.2 Å². The summed E-state index contributed by atoms with van der Waals surface area (Å²) in [4.78, 5) is 0. The molecule has 0 N–H and O–H groups in total. The highest BCUT2D eigenvalue weighted by Gasteiger charge is 2.39. The smallest absolute Gasteiger partial charge is 0.282 e. The van der Waals surface area contributed by atoms with Crippen molar-refractivity contribution in [1.29, 1.82) is 0 Å². The van der Waals surface area contributed by atoms with Gasteiger partial charge in [0.2, 0.25) is 0 Å². The van der Waals surface area contributed by atoms with Crippen LogP contribution in [0.5, 0.6) is 0 Å². The van der Waals surface area contributed by atoms with Crippen molar-refractivity contribution in [2.75, 3.05) is 32.8 Å². The minimum Gasteiger partial charge on any atom is -0.379 e. The fraction of sp³-hybridized carbons (Fsp3) is 0.571. The number of nitrogens with zero attached hydrogens (tertiary/aromatic N) is 2. The maximum Gasteiger partial charge on any atom is 0.282 e. The van der Waals surface area contributed by atoms with E-state index in [1.165, 1.54) is 20.7 Å². The molecule has 2 saturated heterocycles. The van der Waals surface area contributed by atoms with Crippen LogP contribution in [0.15, 0.2) is 24.3 Å². The van der Waals surface area contributed by atoms with Crippen LogP contribution >= 0.6 is 0 Å². The molecule has 21 heavy (non-hydrogen) atoms. The van der Waals surface area contributed by atoms with E-state index >= 15 is 0 Å². The summed E-state index contributed by atoms with van der Waals surface area (Å²) in [5.74, 6) is -0.330. The van der Waals surface area contributed by atoms with Crippen molar-refractivity contribution >= 4 is 10.2 Å². The SMILES string of the molecule is O=S(=O)(N1CCOCC1)N1CCC[C@@H]1c1cccc(F)c1. The standard InChI is InChI=1S/C14H19FN2O3S/c15-13-4-1-3-12(11-13)14-5-2-6-17(14)21(18,19)16-7-9-20-10-8-16/h1,3-4,11,14H,2,5-10H2/t14-/m1/s1. The highest BCUT2D eigenvalue weighted by molar-refractivity contribution is 7.86. The maximum atomic E-state index is 13.4. The number of hydrogen-bond donors (Lipinski definition) is 0. The summed E-state index contributed by atoms with van der Waals surface area (Å²) in [5.41, 5.74) is 0.726. The van der Waals surface area contributed by atoms with E-state index in [4.69, 9.17) is 4.74 Å². The van der Waals surface area contributed by atoms with Gasteiger partial charge < -0.3 is 4.74 Å². The Hall–Kier alpha value is -1.02. The Morgan fingerprint density at radius 2 is 1.95 bits per heavy atom. The molecular formula is C14H19FN2O3S. The number of rotatable bonds is 3. The average molecular weight is 314 g/mol. The van der Waals surface area contributed by atoms with E-state index in [9.17, 15) is 12.8 Å². The lowest BCUT2D eigenvalue weighted by molar-refractivity contribution is 0.0699. The largest absolute Gasteiger partial charge is 0.379 e. The zero-order valence-corrected chi connectivity index (χ0v) is 12.6. The van der Waals surface area contributed by atoms with Gasteiger partial charge in [-0.15, -0.1) is 0 Å². The summed E-state index contributed by atoms with van der Waals surface area (Å²) in [7, 11) is -3.51. The van der Waals surface area contributed by atoms with Crippen molar-refractivity contribution in [1.82, 2.24) is 8.61 Å². The van der Waals surface area contributed by atoms with Gasteiger partial charge in [0.1, 0.15) is 5.82 Å². The van der Waals surface area contributed by atoms with E-state index in [-0.39, 0.29) is 11.9 Å². The van der Waals surface area contributed by atoms with Gasteiger partial charge in [-0.2, -0.15) is 17.0 Å². The van der Waals surface area contributed by atoms with Crippen LogP contribution < -0.4 is 0 Å². The highest BCUT2D eigenvalue weighted by atomic mass is 32.2. The molecule has 1 aromatic carbocycles. The minimum absolute atomic E-state index is 0.270. The lowest BCUT2D eigenvalue weighted by Crippen LogP contribution is -2.48. The number of ether oxygens (including phenoxy) is 1. The molecule has 2 aliphatic rings. The second-order valence-electron chi connectivity index (χ2n) is 5.34. The molecule has 0 aliphatic carbocycles. The second kappa shape index (κ2) is 6.00. The molecule has 0 unspecified atom stereocenters. The van der Waals surface area contributed by atoms with Crippen molar-refractivity contribution < 1.29 is 17.5 Å². The van der Waals surface area contributed by atoms with Crippen LogP contribution in [-0.2, 0) is 14.9 Å². The molecule has 7 heteroatoms. The molecule has 2 fully saturated rings. The monoisotopic (exact) mass is 314 g/mol. The van der Waals surface area contributed by atoms with Gasteiger partial charge in [0.15, 0.2) is 0 Å². The number of hydrogen-bond acceptors (Lipinski definition) is 3. The zero-order valence-electron chi connectivity index (χ0n) is 11.7. The van der Waals surface area contributed by atoms with Crippen LogP contribution in [0.25, 0.3) is 0 Å². The Labute approximate surface area is 124 Å². The molecule has 0 radical (unpaired) electrons. The van der Waals surface area contributed by atoms with Crippen LogP contribution in [0.1, 0.15) is 24.4 Å². The Morgan fingerprint density at radius 1 is 1.19 bits per heavy atom. The van der Waals surface area contributed by atoms with E-state index in [2.05, 4.69) is 0 Å². The molecule has 0 amide bonds. The first-order chi connectivity index (χ1) is 10.1. The maximum absolute atomic E-state index is 13.4. The van der Waals surface area contributed by atoms with Crippen molar-refractivity contribution in [2.24, 2.45) is 0 Å². The molecule has 0 saturated carbocycles. The van der Waals surface area contributed by atoms with E-state index in [0.29, 0.717) is 32.8 Å². The number of morpholine rings is 1. The molecule has 5 nitrogen and oxygen atoms in total. The summed E-state index contributed by atoms with van der Waals surface area (Å²) in [6, 6.07) is 5.95. The molecule has 0 bridgehead atoms. The highest BCUT2D eigenvalue weighted by Crippen LogP contribution is 2.35. The Kier molecular flexibility index (Phi) is 4.26. The van der Waals surface area contributed by atoms with E-state index in [1.807, 2.05) is 0 Å². The zero-order chi connectivity index (χ0) is 14.9. The third-order valence-electron chi connectivity index (χ3n) is 4.03. The van der Waals surface area contributed by atoms with Gasteiger partial charge in [-0.1, -0.05) is 12.1 Å². The average Bonchev–Trinajstić information content (AvgIpc) is 2.98. The molecule has 116 valence electrons. The van der Waals surface area contributed by atoms with Gasteiger partial charge in [-0.25, -0.2) is 4.39 Å². The summed E-state index contributed by atoms with van der Waals surface area (Å²) >= 11 is 0. The number of halogens is 1. The molecule has 1 atom stereocenters. The first-order valence-electron chi connectivity index (χ1n) is 7.19. The normalized spacial score (nSPS) is 25.3. The first-order valence-corrected chi connectivity index (χ1v) is 8.59. The third-order valence-corrected chi connectivity index (χ3v) is 6.08. The predicted molar refractivity (Wildman–Crippen MR) is 76.4 cm³/mol. The van der Waals surface area contributed by atoms with Crippen LogP contribution in [0, 0.1) is 5.82 Å². The second-order valence-corrected chi connectivity index (χ2v) is 7.22. The van der Waals surface area contributed by atoms with Gasteiger partial charge in [0.05, 0.1) is 19.3 Å². The van der Waals surface area contributed by atoms with Crippen molar-refractivity contribution in [3.05, 3.63) is 35.6 Å². The summed E-state index contributed by atoms with van der Waals surface area (Å²) in [5, 5.41) is 0. The lowest BCUT2D eigenvalue weighted by Gasteiger charge is -2.33. The Bertz CT molecular complexity index is 602. The lowest BCUT2D eigenvalue weighted by atomic mass is 10.1. The van der Waals surface area contributed by atoms with E-state index < -0.39 is 10.2 Å². The molecular weight excluding hydrogens is 295 g/mol. The van der Waals surface area contributed by atoms with Crippen LogP contribution in [0.3, 0.4) is 0 Å². The number of benzene rings is 1. The molecule has 2 aliphatic heterocycles. The molecule has 1 aromatic rings. The third kappa shape index (κ3) is 2.96. The summed E-state index contributed by atoms with van der Waals surface area (Å²) < 4.78 is 47.1. The van der Waals surface area contributed by atoms with Gasteiger partial charge in [-0.05, 0) is 30.5 Å². The quantitative estimate of drug-likeness (QED) is 0.850. The fourth-order valence-electron chi connectivity index (χ4n) is 2.99. The molecule has 0 spiro atoms. The van der Waals surface area contributed by atoms with Gasteiger partial charge in [0, 0.05) is 19.6 Å². The summed E-state index contributed by atoms with van der Waals surface area (Å²) in [6.07, 6.45) is 1.53. The van der Waals surface area contributed by atoms with Gasteiger partial charge >= 0.3 is 0 Å².